The summed E-state index contributed by atoms with van der Waals surface area (Å²) >= 11 is 6.08. The van der Waals surface area contributed by atoms with Crippen LogP contribution in [0.5, 0.6) is 0 Å². The van der Waals surface area contributed by atoms with Crippen LogP contribution in [0.4, 0.5) is 11.9 Å². The Morgan fingerprint density at radius 1 is 0.750 bits per heavy atom. The lowest BCUT2D eigenvalue weighted by Crippen LogP contribution is -2.33. The quantitative estimate of drug-likeness (QED) is 0.829. The van der Waals surface area contributed by atoms with E-state index in [1.165, 1.54) is 19.3 Å². The first-order valence-electron chi connectivity index (χ1n) is 7.32. The minimum atomic E-state index is 0.278. The molecule has 0 N–H and O–H groups in total. The zero-order valence-electron chi connectivity index (χ0n) is 11.6. The highest BCUT2D eigenvalue weighted by Gasteiger charge is 2.19. The maximum absolute atomic E-state index is 6.08. The van der Waals surface area contributed by atoms with Gasteiger partial charge in [0.1, 0.15) is 0 Å². The molecule has 0 radical (unpaired) electrons. The van der Waals surface area contributed by atoms with Crippen molar-refractivity contribution in [2.75, 3.05) is 49.2 Å². The molecular weight excluding hydrogens is 278 g/mol. The Kier molecular flexibility index (Phi) is 4.52. The van der Waals surface area contributed by atoms with Crippen molar-refractivity contribution in [3.05, 3.63) is 5.28 Å². The van der Waals surface area contributed by atoms with Crippen molar-refractivity contribution in [1.82, 2.24) is 15.0 Å². The van der Waals surface area contributed by atoms with Gasteiger partial charge in [-0.05, 0) is 37.3 Å². The molecule has 110 valence electrons. The first kappa shape index (κ1) is 13.8. The molecule has 2 fully saturated rings. The van der Waals surface area contributed by atoms with Gasteiger partial charge < -0.3 is 14.5 Å². The van der Waals surface area contributed by atoms with Gasteiger partial charge in [0.05, 0.1) is 6.61 Å². The number of anilines is 2. The van der Waals surface area contributed by atoms with Gasteiger partial charge in [0, 0.05) is 32.8 Å². The van der Waals surface area contributed by atoms with Crippen LogP contribution in [-0.4, -0.2) is 54.3 Å². The summed E-state index contributed by atoms with van der Waals surface area (Å²) < 4.78 is 5.47. The fourth-order valence-electron chi connectivity index (χ4n) is 2.65. The number of aromatic nitrogens is 3. The summed E-state index contributed by atoms with van der Waals surface area (Å²) in [7, 11) is 0. The van der Waals surface area contributed by atoms with E-state index in [1.807, 2.05) is 0 Å². The van der Waals surface area contributed by atoms with Crippen LogP contribution in [0.2, 0.25) is 5.28 Å². The molecule has 0 amide bonds. The van der Waals surface area contributed by atoms with E-state index in [-0.39, 0.29) is 5.28 Å². The van der Waals surface area contributed by atoms with Crippen LogP contribution in [0.3, 0.4) is 0 Å². The summed E-state index contributed by atoms with van der Waals surface area (Å²) in [6.07, 6.45) is 4.65. The monoisotopic (exact) mass is 297 g/mol. The van der Waals surface area contributed by atoms with Gasteiger partial charge in [-0.1, -0.05) is 0 Å². The average molecular weight is 298 g/mol. The number of nitrogens with zero attached hydrogens (tertiary/aromatic N) is 5. The number of ether oxygens (including phenoxy) is 1. The highest BCUT2D eigenvalue weighted by atomic mass is 35.5. The van der Waals surface area contributed by atoms with Crippen LogP contribution >= 0.6 is 11.6 Å². The second-order valence-electron chi connectivity index (χ2n) is 5.21. The van der Waals surface area contributed by atoms with E-state index in [0.717, 1.165) is 39.2 Å². The van der Waals surface area contributed by atoms with Gasteiger partial charge in [-0.2, -0.15) is 15.0 Å². The van der Waals surface area contributed by atoms with Gasteiger partial charge >= 0.3 is 0 Å². The van der Waals surface area contributed by atoms with Crippen molar-refractivity contribution < 1.29 is 4.74 Å². The minimum Gasteiger partial charge on any atom is -0.380 e. The van der Waals surface area contributed by atoms with Crippen molar-refractivity contribution in [2.24, 2.45) is 0 Å². The summed E-state index contributed by atoms with van der Waals surface area (Å²) in [5.74, 6) is 1.39. The first-order chi connectivity index (χ1) is 9.83. The number of piperidine rings is 1. The molecule has 20 heavy (non-hydrogen) atoms. The highest BCUT2D eigenvalue weighted by Crippen LogP contribution is 2.20. The summed E-state index contributed by atoms with van der Waals surface area (Å²) in [6, 6.07) is 0. The second kappa shape index (κ2) is 6.54. The van der Waals surface area contributed by atoms with Gasteiger partial charge in [-0.25, -0.2) is 0 Å². The molecule has 1 aromatic rings. The Balaban J connectivity index is 1.81. The van der Waals surface area contributed by atoms with Crippen LogP contribution in [-0.2, 0) is 4.74 Å². The summed E-state index contributed by atoms with van der Waals surface area (Å²) in [5.41, 5.74) is 0. The Hall–Kier alpha value is -1.14. The Morgan fingerprint density at radius 3 is 2.15 bits per heavy atom. The molecule has 0 atom stereocenters. The molecule has 2 aliphatic rings. The van der Waals surface area contributed by atoms with Crippen LogP contribution in [0.1, 0.15) is 25.7 Å². The predicted octanol–water partition coefficient (Wildman–Crippen LogP) is 1.74. The second-order valence-corrected chi connectivity index (χ2v) is 5.54. The largest absolute Gasteiger partial charge is 0.380 e. The molecule has 1 aromatic heterocycles. The summed E-state index contributed by atoms with van der Waals surface area (Å²) in [4.78, 5) is 17.5. The Bertz CT molecular complexity index is 444. The molecular formula is C13H20ClN5O. The number of hydrogen-bond acceptors (Lipinski definition) is 6. The third kappa shape index (κ3) is 3.30. The van der Waals surface area contributed by atoms with Crippen LogP contribution < -0.4 is 9.80 Å². The Morgan fingerprint density at radius 2 is 1.40 bits per heavy atom. The van der Waals surface area contributed by atoms with E-state index >= 15 is 0 Å². The normalized spacial score (nSPS) is 20.9. The fraction of sp³-hybridized carbons (Fsp3) is 0.769. The predicted molar refractivity (Wildman–Crippen MR) is 78.6 cm³/mol. The van der Waals surface area contributed by atoms with E-state index in [9.17, 15) is 0 Å². The van der Waals surface area contributed by atoms with Crippen LogP contribution in [0.15, 0.2) is 0 Å². The third-order valence-corrected chi connectivity index (χ3v) is 3.90. The van der Waals surface area contributed by atoms with E-state index < -0.39 is 0 Å². The van der Waals surface area contributed by atoms with Gasteiger partial charge in [-0.3, -0.25) is 0 Å². The molecule has 3 heterocycles. The fourth-order valence-corrected chi connectivity index (χ4v) is 2.80. The molecule has 0 spiro atoms. The number of rotatable bonds is 2. The number of hydrogen-bond donors (Lipinski definition) is 0. The van der Waals surface area contributed by atoms with Crippen molar-refractivity contribution in [3.63, 3.8) is 0 Å². The van der Waals surface area contributed by atoms with Gasteiger partial charge in [0.15, 0.2) is 0 Å². The zero-order chi connectivity index (χ0) is 13.8. The van der Waals surface area contributed by atoms with E-state index in [0.29, 0.717) is 18.5 Å². The molecule has 0 saturated carbocycles. The molecule has 0 unspecified atom stereocenters. The molecule has 0 bridgehead atoms. The SMILES string of the molecule is Clc1nc(N2CCCCC2)nc(N2CCCOCC2)n1. The molecule has 6 nitrogen and oxygen atoms in total. The lowest BCUT2D eigenvalue weighted by molar-refractivity contribution is 0.152. The first-order valence-corrected chi connectivity index (χ1v) is 7.70. The summed E-state index contributed by atoms with van der Waals surface area (Å²) in [6.45, 7) is 5.22. The lowest BCUT2D eigenvalue weighted by atomic mass is 10.1. The molecule has 2 saturated heterocycles. The Labute approximate surface area is 124 Å². The van der Waals surface area contributed by atoms with Gasteiger partial charge in [-0.15, -0.1) is 0 Å². The van der Waals surface area contributed by atoms with E-state index in [4.69, 9.17) is 16.3 Å². The van der Waals surface area contributed by atoms with E-state index in [1.54, 1.807) is 0 Å². The molecule has 7 heteroatoms. The van der Waals surface area contributed by atoms with E-state index in [2.05, 4.69) is 24.8 Å². The van der Waals surface area contributed by atoms with Crippen LogP contribution in [0, 0.1) is 0 Å². The maximum atomic E-state index is 6.08. The molecule has 3 rings (SSSR count). The standard InChI is InChI=1S/C13H20ClN5O/c14-11-15-12(18-5-2-1-3-6-18)17-13(16-11)19-7-4-9-20-10-8-19/h1-10H2. The average Bonchev–Trinajstić information content (AvgIpc) is 2.77. The molecule has 0 aromatic carbocycles. The smallest absolute Gasteiger partial charge is 0.231 e. The topological polar surface area (TPSA) is 54.4 Å². The van der Waals surface area contributed by atoms with Crippen molar-refractivity contribution in [3.8, 4) is 0 Å². The summed E-state index contributed by atoms with van der Waals surface area (Å²) in [5, 5.41) is 0.278. The van der Waals surface area contributed by atoms with Crippen molar-refractivity contribution in [2.45, 2.75) is 25.7 Å². The highest BCUT2D eigenvalue weighted by molar-refractivity contribution is 6.28. The lowest BCUT2D eigenvalue weighted by Gasteiger charge is -2.27. The molecule has 0 aliphatic carbocycles. The van der Waals surface area contributed by atoms with Crippen LogP contribution in [0.25, 0.3) is 0 Å². The zero-order valence-corrected chi connectivity index (χ0v) is 12.3. The van der Waals surface area contributed by atoms with Crippen molar-refractivity contribution >= 4 is 23.5 Å². The third-order valence-electron chi connectivity index (χ3n) is 3.73. The van der Waals surface area contributed by atoms with Crippen molar-refractivity contribution in [1.29, 1.82) is 0 Å². The number of halogens is 1. The maximum Gasteiger partial charge on any atom is 0.231 e. The minimum absolute atomic E-state index is 0.278. The van der Waals surface area contributed by atoms with Gasteiger partial charge in [0.25, 0.3) is 0 Å². The van der Waals surface area contributed by atoms with Gasteiger partial charge in [0.2, 0.25) is 17.2 Å². The molecule has 2 aliphatic heterocycles.